The fraction of sp³-hybridized carbons (Fsp3) is 0.500. The molecular weight excluding hydrogens is 314 g/mol. The van der Waals surface area contributed by atoms with E-state index in [1.165, 1.54) is 15.6 Å². The number of carbonyl (C=O) groups is 2. The summed E-state index contributed by atoms with van der Waals surface area (Å²) in [5.41, 5.74) is 4.96. The van der Waals surface area contributed by atoms with Gasteiger partial charge in [-0.05, 0) is 24.3 Å². The van der Waals surface area contributed by atoms with E-state index in [-0.39, 0.29) is 18.4 Å². The molecule has 3 N–H and O–H groups in total. The van der Waals surface area contributed by atoms with Crippen molar-refractivity contribution in [3.8, 4) is 0 Å². The van der Waals surface area contributed by atoms with Gasteiger partial charge < -0.3 is 11.1 Å². The summed E-state index contributed by atoms with van der Waals surface area (Å²) in [6.45, 7) is 0.413. The minimum absolute atomic E-state index is 0.188. The first kappa shape index (κ1) is 15.9. The zero-order valence-corrected chi connectivity index (χ0v) is 13.0. The summed E-state index contributed by atoms with van der Waals surface area (Å²) in [5.74, 6) is -1.12. The van der Waals surface area contributed by atoms with Crippen molar-refractivity contribution in [3.63, 3.8) is 0 Å². The van der Waals surface area contributed by atoms with E-state index in [0.717, 1.165) is 0 Å². The Hall–Kier alpha value is -1.45. The quantitative estimate of drug-likeness (QED) is 0.775. The highest BCUT2D eigenvalue weighted by Crippen LogP contribution is 2.26. The van der Waals surface area contributed by atoms with Crippen LogP contribution in [0.5, 0.6) is 0 Å². The third kappa shape index (κ3) is 3.80. The van der Waals surface area contributed by atoms with Crippen LogP contribution in [0.2, 0.25) is 0 Å². The van der Waals surface area contributed by atoms with Crippen LogP contribution in [0.4, 0.5) is 0 Å². The molecule has 2 rings (SSSR count). The Balaban J connectivity index is 1.91. The topological polar surface area (TPSA) is 110 Å². The molecule has 2 amide bonds. The Labute approximate surface area is 127 Å². The molecule has 0 atom stereocenters. The van der Waals surface area contributed by atoms with Crippen LogP contribution in [0, 0.1) is 5.92 Å². The van der Waals surface area contributed by atoms with E-state index in [0.29, 0.717) is 30.1 Å². The Kier molecular flexibility index (Phi) is 4.96. The second-order valence-corrected chi connectivity index (χ2v) is 7.91. The lowest BCUT2D eigenvalue weighted by Crippen LogP contribution is -2.44. The van der Waals surface area contributed by atoms with Gasteiger partial charge in [0.1, 0.15) is 4.21 Å². The average Bonchev–Trinajstić information content (AvgIpc) is 2.99. The van der Waals surface area contributed by atoms with Crippen LogP contribution < -0.4 is 11.1 Å². The first-order valence-corrected chi connectivity index (χ1v) is 8.83. The molecule has 0 radical (unpaired) electrons. The van der Waals surface area contributed by atoms with Gasteiger partial charge in [-0.15, -0.1) is 11.3 Å². The molecule has 1 saturated heterocycles. The van der Waals surface area contributed by atoms with Gasteiger partial charge in [0.05, 0.1) is 6.54 Å². The molecule has 9 heteroatoms. The highest BCUT2D eigenvalue weighted by atomic mass is 32.2. The lowest BCUT2D eigenvalue weighted by molar-refractivity contribution is -0.128. The standard InChI is InChI=1S/C12H17N3O4S2/c13-10(16)8-14-12(17)9-3-5-15(6-4-9)21(18,19)11-2-1-7-20-11/h1-2,7,9H,3-6,8H2,(H2,13,16)(H,14,17). The summed E-state index contributed by atoms with van der Waals surface area (Å²) in [5, 5.41) is 4.17. The average molecular weight is 331 g/mol. The van der Waals surface area contributed by atoms with Crippen molar-refractivity contribution < 1.29 is 18.0 Å². The fourth-order valence-electron chi connectivity index (χ4n) is 2.21. The predicted octanol–water partition coefficient (Wildman–Crippen LogP) is -0.250. The Morgan fingerprint density at radius 2 is 2.05 bits per heavy atom. The number of amides is 2. The van der Waals surface area contributed by atoms with Gasteiger partial charge in [-0.25, -0.2) is 8.42 Å². The maximum absolute atomic E-state index is 12.3. The van der Waals surface area contributed by atoms with Gasteiger partial charge in [-0.2, -0.15) is 4.31 Å². The third-order valence-electron chi connectivity index (χ3n) is 3.35. The molecule has 1 aliphatic rings. The van der Waals surface area contributed by atoms with Crippen molar-refractivity contribution in [2.45, 2.75) is 17.1 Å². The number of nitrogens with zero attached hydrogens (tertiary/aromatic N) is 1. The molecule has 0 unspecified atom stereocenters. The number of rotatable bonds is 5. The molecule has 1 aromatic heterocycles. The molecule has 21 heavy (non-hydrogen) atoms. The number of hydrogen-bond donors (Lipinski definition) is 2. The van der Waals surface area contributed by atoms with Crippen molar-refractivity contribution >= 4 is 33.2 Å². The van der Waals surface area contributed by atoms with E-state index >= 15 is 0 Å². The van der Waals surface area contributed by atoms with E-state index in [2.05, 4.69) is 5.32 Å². The normalized spacial score (nSPS) is 17.5. The van der Waals surface area contributed by atoms with Crippen LogP contribution in [-0.2, 0) is 19.6 Å². The smallest absolute Gasteiger partial charge is 0.252 e. The van der Waals surface area contributed by atoms with E-state index in [1.807, 2.05) is 0 Å². The molecule has 116 valence electrons. The number of nitrogens with two attached hydrogens (primary N) is 1. The SMILES string of the molecule is NC(=O)CNC(=O)C1CCN(S(=O)(=O)c2cccs2)CC1. The van der Waals surface area contributed by atoms with Gasteiger partial charge in [0.15, 0.2) is 0 Å². The van der Waals surface area contributed by atoms with Crippen LogP contribution in [0.3, 0.4) is 0 Å². The van der Waals surface area contributed by atoms with Crippen molar-refractivity contribution in [3.05, 3.63) is 17.5 Å². The van der Waals surface area contributed by atoms with Crippen LogP contribution in [-0.4, -0.2) is 44.2 Å². The van der Waals surface area contributed by atoms with Crippen molar-refractivity contribution in [1.82, 2.24) is 9.62 Å². The molecule has 7 nitrogen and oxygen atoms in total. The zero-order valence-electron chi connectivity index (χ0n) is 11.3. The summed E-state index contributed by atoms with van der Waals surface area (Å²) < 4.78 is 26.3. The molecule has 2 heterocycles. The second-order valence-electron chi connectivity index (χ2n) is 4.79. The van der Waals surface area contributed by atoms with Gasteiger partial charge in [-0.1, -0.05) is 6.07 Å². The van der Waals surface area contributed by atoms with E-state index < -0.39 is 15.9 Å². The molecule has 0 aliphatic carbocycles. The number of thiophene rings is 1. The van der Waals surface area contributed by atoms with Crippen LogP contribution >= 0.6 is 11.3 Å². The van der Waals surface area contributed by atoms with Crippen LogP contribution in [0.15, 0.2) is 21.7 Å². The highest BCUT2D eigenvalue weighted by molar-refractivity contribution is 7.91. The lowest BCUT2D eigenvalue weighted by atomic mass is 9.97. The molecule has 0 spiro atoms. The maximum atomic E-state index is 12.3. The summed E-state index contributed by atoms with van der Waals surface area (Å²) in [6, 6.07) is 3.27. The van der Waals surface area contributed by atoms with Gasteiger partial charge in [-0.3, -0.25) is 9.59 Å². The molecule has 1 aromatic rings. The molecule has 1 fully saturated rings. The van der Waals surface area contributed by atoms with Gasteiger partial charge in [0.2, 0.25) is 11.8 Å². The Morgan fingerprint density at radius 3 is 2.57 bits per heavy atom. The van der Waals surface area contributed by atoms with Gasteiger partial charge in [0, 0.05) is 19.0 Å². The summed E-state index contributed by atoms with van der Waals surface area (Å²) in [6.07, 6.45) is 0.879. The number of primary amides is 1. The van der Waals surface area contributed by atoms with E-state index in [1.54, 1.807) is 17.5 Å². The number of piperidine rings is 1. The summed E-state index contributed by atoms with van der Waals surface area (Å²) in [4.78, 5) is 22.4. The number of carbonyl (C=O) groups excluding carboxylic acids is 2. The molecule has 1 aliphatic heterocycles. The van der Waals surface area contributed by atoms with Crippen molar-refractivity contribution in [2.24, 2.45) is 11.7 Å². The molecule has 0 aromatic carbocycles. The predicted molar refractivity (Wildman–Crippen MR) is 78.0 cm³/mol. The summed E-state index contributed by atoms with van der Waals surface area (Å²) in [7, 11) is -3.45. The summed E-state index contributed by atoms with van der Waals surface area (Å²) >= 11 is 1.18. The number of hydrogen-bond acceptors (Lipinski definition) is 5. The third-order valence-corrected chi connectivity index (χ3v) is 6.62. The maximum Gasteiger partial charge on any atom is 0.252 e. The van der Waals surface area contributed by atoms with Crippen LogP contribution in [0.25, 0.3) is 0 Å². The molecule has 0 saturated carbocycles. The molecule has 0 bridgehead atoms. The number of sulfonamides is 1. The van der Waals surface area contributed by atoms with E-state index in [9.17, 15) is 18.0 Å². The van der Waals surface area contributed by atoms with Crippen molar-refractivity contribution in [2.75, 3.05) is 19.6 Å². The molecular formula is C12H17N3O4S2. The van der Waals surface area contributed by atoms with E-state index in [4.69, 9.17) is 5.73 Å². The van der Waals surface area contributed by atoms with Gasteiger partial charge >= 0.3 is 0 Å². The largest absolute Gasteiger partial charge is 0.368 e. The number of nitrogens with one attached hydrogen (secondary N) is 1. The zero-order chi connectivity index (χ0) is 15.5. The minimum atomic E-state index is -3.45. The Bertz CT molecular complexity index is 604. The van der Waals surface area contributed by atoms with Crippen LogP contribution in [0.1, 0.15) is 12.8 Å². The monoisotopic (exact) mass is 331 g/mol. The first-order chi connectivity index (χ1) is 9.91. The van der Waals surface area contributed by atoms with Crippen molar-refractivity contribution in [1.29, 1.82) is 0 Å². The first-order valence-electron chi connectivity index (χ1n) is 6.51. The Morgan fingerprint density at radius 1 is 1.38 bits per heavy atom. The highest BCUT2D eigenvalue weighted by Gasteiger charge is 2.32. The van der Waals surface area contributed by atoms with Gasteiger partial charge in [0.25, 0.3) is 10.0 Å². The fourth-order valence-corrected chi connectivity index (χ4v) is 4.83. The second kappa shape index (κ2) is 6.54. The minimum Gasteiger partial charge on any atom is -0.368 e. The lowest BCUT2D eigenvalue weighted by Gasteiger charge is -2.30.